The summed E-state index contributed by atoms with van der Waals surface area (Å²) in [5, 5.41) is 0. The van der Waals surface area contributed by atoms with Crippen LogP contribution in [0, 0.1) is 5.92 Å². The van der Waals surface area contributed by atoms with Crippen LogP contribution in [0.3, 0.4) is 0 Å². The van der Waals surface area contributed by atoms with Crippen LogP contribution in [0.4, 0.5) is 0 Å². The van der Waals surface area contributed by atoms with Crippen LogP contribution in [0.1, 0.15) is 12.8 Å². The van der Waals surface area contributed by atoms with Gasteiger partial charge in [0.05, 0.1) is 12.2 Å². The minimum atomic E-state index is -0.125. The van der Waals surface area contributed by atoms with Gasteiger partial charge in [0.25, 0.3) is 0 Å². The predicted octanol–water partition coefficient (Wildman–Crippen LogP) is 1.50. The van der Waals surface area contributed by atoms with Gasteiger partial charge in [-0.2, -0.15) is 0 Å². The second kappa shape index (κ2) is 3.51. The zero-order valence-corrected chi connectivity index (χ0v) is 5.82. The van der Waals surface area contributed by atoms with Gasteiger partial charge in [0.2, 0.25) is 0 Å². The minimum Gasteiger partial charge on any atom is -0.435 e. The summed E-state index contributed by atoms with van der Waals surface area (Å²) in [5.74, 6) is 0.0630. The van der Waals surface area contributed by atoms with Gasteiger partial charge >= 0.3 is 5.97 Å². The summed E-state index contributed by atoms with van der Waals surface area (Å²) >= 11 is 0. The first-order valence-electron chi connectivity index (χ1n) is 2.66. The van der Waals surface area contributed by atoms with Crippen molar-refractivity contribution in [3.05, 3.63) is 12.8 Å². The lowest BCUT2D eigenvalue weighted by Gasteiger charge is -1.90. The molecule has 0 spiro atoms. The SMILES string of the molecule is C=COC(=O)C1CC1.Cl. The minimum absolute atomic E-state index is 0. The first kappa shape index (κ1) is 8.50. The van der Waals surface area contributed by atoms with Crippen molar-refractivity contribution in [2.45, 2.75) is 12.8 Å². The summed E-state index contributed by atoms with van der Waals surface area (Å²) < 4.78 is 4.49. The highest BCUT2D eigenvalue weighted by Gasteiger charge is 2.30. The molecule has 52 valence electrons. The normalized spacial score (nSPS) is 15.6. The molecule has 0 aromatic rings. The maximum atomic E-state index is 10.5. The molecule has 3 heteroatoms. The quantitative estimate of drug-likeness (QED) is 0.438. The fourth-order valence-electron chi connectivity index (χ4n) is 0.497. The Balaban J connectivity index is 0.000000640. The highest BCUT2D eigenvalue weighted by atomic mass is 35.5. The summed E-state index contributed by atoms with van der Waals surface area (Å²) in [6.45, 7) is 3.27. The molecule has 0 atom stereocenters. The summed E-state index contributed by atoms with van der Waals surface area (Å²) in [4.78, 5) is 10.5. The van der Waals surface area contributed by atoms with Gasteiger partial charge in [-0.3, -0.25) is 4.79 Å². The number of esters is 1. The molecule has 0 amide bonds. The highest BCUT2D eigenvalue weighted by Crippen LogP contribution is 2.29. The van der Waals surface area contributed by atoms with Crippen LogP contribution in [0.25, 0.3) is 0 Å². The summed E-state index contributed by atoms with van der Waals surface area (Å²) in [5.41, 5.74) is 0. The number of hydrogen-bond acceptors (Lipinski definition) is 2. The van der Waals surface area contributed by atoms with Crippen LogP contribution in [-0.2, 0) is 9.53 Å². The molecule has 1 saturated carbocycles. The number of carbonyl (C=O) groups is 1. The third-order valence-electron chi connectivity index (χ3n) is 1.11. The van der Waals surface area contributed by atoms with E-state index in [0.29, 0.717) is 0 Å². The molecule has 0 radical (unpaired) electrons. The largest absolute Gasteiger partial charge is 0.435 e. The van der Waals surface area contributed by atoms with E-state index in [9.17, 15) is 4.79 Å². The molecule has 0 N–H and O–H groups in total. The van der Waals surface area contributed by atoms with Crippen molar-refractivity contribution in [1.82, 2.24) is 0 Å². The average Bonchev–Trinajstić information content (AvgIpc) is 2.45. The van der Waals surface area contributed by atoms with Crippen molar-refractivity contribution in [1.29, 1.82) is 0 Å². The first-order valence-corrected chi connectivity index (χ1v) is 2.66. The smallest absolute Gasteiger partial charge is 0.313 e. The second-order valence-electron chi connectivity index (χ2n) is 1.88. The Bertz CT molecular complexity index is 118. The van der Waals surface area contributed by atoms with Crippen LogP contribution in [0.2, 0.25) is 0 Å². The van der Waals surface area contributed by atoms with Crippen molar-refractivity contribution in [3.63, 3.8) is 0 Å². The maximum absolute atomic E-state index is 10.5. The fourth-order valence-corrected chi connectivity index (χ4v) is 0.497. The summed E-state index contributed by atoms with van der Waals surface area (Å²) in [6.07, 6.45) is 3.17. The van der Waals surface area contributed by atoms with Gasteiger partial charge in [-0.1, -0.05) is 6.58 Å². The molecule has 9 heavy (non-hydrogen) atoms. The molecule has 0 unspecified atom stereocenters. The Hall–Kier alpha value is -0.500. The van der Waals surface area contributed by atoms with Crippen LogP contribution < -0.4 is 0 Å². The van der Waals surface area contributed by atoms with Crippen LogP contribution >= 0.6 is 12.4 Å². The standard InChI is InChI=1S/C6H8O2.ClH/c1-2-8-6(7)5-3-4-5;/h2,5H,1,3-4H2;1H. The molecule has 0 aromatic carbocycles. The van der Waals surface area contributed by atoms with E-state index in [1.54, 1.807) is 0 Å². The first-order chi connectivity index (χ1) is 3.84. The number of rotatable bonds is 2. The number of carbonyl (C=O) groups excluding carboxylic acids is 1. The Morgan fingerprint density at radius 1 is 1.67 bits per heavy atom. The van der Waals surface area contributed by atoms with E-state index in [1.807, 2.05) is 0 Å². The van der Waals surface area contributed by atoms with Gasteiger partial charge in [-0.05, 0) is 12.8 Å². The number of hydrogen-bond donors (Lipinski definition) is 0. The molecule has 0 bridgehead atoms. The molecule has 0 aromatic heterocycles. The highest BCUT2D eigenvalue weighted by molar-refractivity contribution is 5.85. The number of halogens is 1. The second-order valence-corrected chi connectivity index (χ2v) is 1.88. The molecule has 1 rings (SSSR count). The van der Waals surface area contributed by atoms with E-state index in [0.717, 1.165) is 12.8 Å². The molecule has 1 aliphatic carbocycles. The summed E-state index contributed by atoms with van der Waals surface area (Å²) in [7, 11) is 0. The van der Waals surface area contributed by atoms with E-state index < -0.39 is 0 Å². The van der Waals surface area contributed by atoms with E-state index in [1.165, 1.54) is 6.26 Å². The molecule has 0 aliphatic heterocycles. The lowest BCUT2D eigenvalue weighted by molar-refractivity contribution is -0.139. The van der Waals surface area contributed by atoms with Gasteiger partial charge in [0.15, 0.2) is 0 Å². The van der Waals surface area contributed by atoms with E-state index in [-0.39, 0.29) is 24.3 Å². The van der Waals surface area contributed by atoms with Crippen molar-refractivity contribution in [2.24, 2.45) is 5.92 Å². The Labute approximate surface area is 60.3 Å². The molecule has 1 aliphatic rings. The zero-order chi connectivity index (χ0) is 5.98. The molecular weight excluding hydrogens is 140 g/mol. The van der Waals surface area contributed by atoms with Crippen molar-refractivity contribution in [3.8, 4) is 0 Å². The zero-order valence-electron chi connectivity index (χ0n) is 5.00. The van der Waals surface area contributed by atoms with Crippen LogP contribution in [0.15, 0.2) is 12.8 Å². The molecule has 2 nitrogen and oxygen atoms in total. The van der Waals surface area contributed by atoms with Gasteiger partial charge in [-0.25, -0.2) is 0 Å². The third-order valence-corrected chi connectivity index (χ3v) is 1.11. The van der Waals surface area contributed by atoms with Gasteiger partial charge in [0.1, 0.15) is 0 Å². The molecular formula is C6H9ClO2. The van der Waals surface area contributed by atoms with Crippen LogP contribution in [-0.4, -0.2) is 5.97 Å². The van der Waals surface area contributed by atoms with Gasteiger partial charge in [-0.15, -0.1) is 12.4 Å². The molecule has 0 heterocycles. The lowest BCUT2D eigenvalue weighted by atomic mass is 10.4. The van der Waals surface area contributed by atoms with Crippen molar-refractivity contribution >= 4 is 18.4 Å². The monoisotopic (exact) mass is 148 g/mol. The average molecular weight is 149 g/mol. The van der Waals surface area contributed by atoms with Crippen molar-refractivity contribution < 1.29 is 9.53 Å². The maximum Gasteiger partial charge on any atom is 0.313 e. The van der Waals surface area contributed by atoms with Gasteiger partial charge < -0.3 is 4.74 Å². The van der Waals surface area contributed by atoms with Gasteiger partial charge in [0, 0.05) is 0 Å². The lowest BCUT2D eigenvalue weighted by Crippen LogP contribution is -2.00. The predicted molar refractivity (Wildman–Crippen MR) is 36.3 cm³/mol. The van der Waals surface area contributed by atoms with E-state index in [2.05, 4.69) is 11.3 Å². The molecule has 0 saturated heterocycles. The summed E-state index contributed by atoms with van der Waals surface area (Å²) in [6, 6.07) is 0. The third kappa shape index (κ3) is 2.51. The molecule has 1 fully saturated rings. The van der Waals surface area contributed by atoms with E-state index >= 15 is 0 Å². The van der Waals surface area contributed by atoms with E-state index in [4.69, 9.17) is 0 Å². The topological polar surface area (TPSA) is 26.3 Å². The fraction of sp³-hybridized carbons (Fsp3) is 0.500. The van der Waals surface area contributed by atoms with Crippen molar-refractivity contribution in [2.75, 3.05) is 0 Å². The van der Waals surface area contributed by atoms with Crippen LogP contribution in [0.5, 0.6) is 0 Å². The Morgan fingerprint density at radius 3 is 2.56 bits per heavy atom. The Morgan fingerprint density at radius 2 is 2.22 bits per heavy atom. The Kier molecular flexibility index (Phi) is 3.32. The number of ether oxygens (including phenoxy) is 1.